The fraction of sp³-hybridized carbons (Fsp3) is 0.333. The quantitative estimate of drug-likeness (QED) is 0.515. The maximum Gasteiger partial charge on any atom is 0.322 e. The van der Waals surface area contributed by atoms with Crippen LogP contribution in [0, 0.1) is 13.8 Å². The van der Waals surface area contributed by atoms with Crippen molar-refractivity contribution in [3.63, 3.8) is 0 Å². The van der Waals surface area contributed by atoms with Gasteiger partial charge >= 0.3 is 6.03 Å². The van der Waals surface area contributed by atoms with Gasteiger partial charge in [-0.1, -0.05) is 30.3 Å². The predicted molar refractivity (Wildman–Crippen MR) is 123 cm³/mol. The van der Waals surface area contributed by atoms with Crippen LogP contribution < -0.4 is 5.32 Å². The van der Waals surface area contributed by atoms with Crippen molar-refractivity contribution in [1.29, 1.82) is 0 Å². The Hall–Kier alpha value is -3.52. The van der Waals surface area contributed by atoms with Gasteiger partial charge in [-0.3, -0.25) is 0 Å². The molecule has 0 spiro atoms. The van der Waals surface area contributed by atoms with E-state index in [-0.39, 0.29) is 12.1 Å². The minimum Gasteiger partial charge on any atom is -0.376 e. The number of aromatic nitrogens is 4. The summed E-state index contributed by atoms with van der Waals surface area (Å²) in [5.41, 5.74) is 5.46. The standard InChI is InChI=1S/C24H26N6O2/c1-16-9-10-18-13-19(23-26-27-28-30(23)22(18)12-16)14-29(15-20-7-5-11-32-20)24(31)25-21-8-4-3-6-17(21)2/h3-4,6,8-10,12-13,20H,5,7,11,14-15H2,1-2H3,(H,25,31)/t20-/m1/s1. The number of amides is 2. The molecule has 0 unspecified atom stereocenters. The van der Waals surface area contributed by atoms with Crippen molar-refractivity contribution in [3.05, 3.63) is 65.2 Å². The molecule has 0 saturated carbocycles. The summed E-state index contributed by atoms with van der Waals surface area (Å²) in [6.07, 6.45) is 2.01. The first kappa shape index (κ1) is 20.4. The van der Waals surface area contributed by atoms with E-state index in [4.69, 9.17) is 4.74 Å². The number of pyridine rings is 1. The zero-order chi connectivity index (χ0) is 22.1. The molecule has 0 aliphatic carbocycles. The Labute approximate surface area is 186 Å². The summed E-state index contributed by atoms with van der Waals surface area (Å²) in [6, 6.07) is 15.9. The molecule has 5 rings (SSSR count). The fourth-order valence-electron chi connectivity index (χ4n) is 4.24. The molecule has 1 fully saturated rings. The molecule has 3 heterocycles. The van der Waals surface area contributed by atoms with Crippen molar-refractivity contribution < 1.29 is 9.53 Å². The van der Waals surface area contributed by atoms with Gasteiger partial charge < -0.3 is 15.0 Å². The Balaban J connectivity index is 1.49. The third kappa shape index (κ3) is 4.01. The van der Waals surface area contributed by atoms with Gasteiger partial charge in [-0.25, -0.2) is 4.79 Å². The Morgan fingerprint density at radius 2 is 2.09 bits per heavy atom. The van der Waals surface area contributed by atoms with Crippen LogP contribution >= 0.6 is 0 Å². The van der Waals surface area contributed by atoms with Gasteiger partial charge in [0, 0.05) is 29.8 Å². The number of hydrogen-bond acceptors (Lipinski definition) is 5. The maximum absolute atomic E-state index is 13.3. The number of fused-ring (bicyclic) bond motifs is 3. The molecule has 1 N–H and O–H groups in total. The van der Waals surface area contributed by atoms with Crippen LogP contribution in [0.5, 0.6) is 0 Å². The van der Waals surface area contributed by atoms with E-state index in [1.807, 2.05) is 38.1 Å². The van der Waals surface area contributed by atoms with E-state index in [0.29, 0.717) is 18.7 Å². The molecule has 32 heavy (non-hydrogen) atoms. The highest BCUT2D eigenvalue weighted by Crippen LogP contribution is 2.23. The van der Waals surface area contributed by atoms with Crippen molar-refractivity contribution >= 4 is 28.3 Å². The molecule has 164 valence electrons. The largest absolute Gasteiger partial charge is 0.376 e. The predicted octanol–water partition coefficient (Wildman–Crippen LogP) is 4.11. The lowest BCUT2D eigenvalue weighted by Gasteiger charge is -2.26. The second kappa shape index (κ2) is 8.55. The van der Waals surface area contributed by atoms with E-state index >= 15 is 0 Å². The molecule has 1 atom stereocenters. The Kier molecular flexibility index (Phi) is 5.45. The molecular formula is C24H26N6O2. The molecule has 8 heteroatoms. The fourth-order valence-corrected chi connectivity index (χ4v) is 4.24. The van der Waals surface area contributed by atoms with Gasteiger partial charge in [0.2, 0.25) is 0 Å². The minimum absolute atomic E-state index is 0.0349. The summed E-state index contributed by atoms with van der Waals surface area (Å²) in [6.45, 7) is 5.66. The second-order valence-corrected chi connectivity index (χ2v) is 8.41. The zero-order valence-electron chi connectivity index (χ0n) is 18.3. The van der Waals surface area contributed by atoms with Gasteiger partial charge in [-0.2, -0.15) is 4.52 Å². The van der Waals surface area contributed by atoms with Gasteiger partial charge in [0.25, 0.3) is 0 Å². The highest BCUT2D eigenvalue weighted by molar-refractivity contribution is 5.90. The van der Waals surface area contributed by atoms with Crippen LogP contribution in [-0.2, 0) is 11.3 Å². The lowest BCUT2D eigenvalue weighted by molar-refractivity contribution is 0.0820. The third-order valence-corrected chi connectivity index (χ3v) is 5.98. The van der Waals surface area contributed by atoms with Crippen molar-refractivity contribution in [3.8, 4) is 0 Å². The number of benzene rings is 2. The first-order valence-corrected chi connectivity index (χ1v) is 10.9. The van der Waals surface area contributed by atoms with E-state index in [1.54, 1.807) is 9.42 Å². The van der Waals surface area contributed by atoms with Crippen LogP contribution in [0.3, 0.4) is 0 Å². The monoisotopic (exact) mass is 430 g/mol. The lowest BCUT2D eigenvalue weighted by Crippen LogP contribution is -2.40. The van der Waals surface area contributed by atoms with E-state index in [2.05, 4.69) is 45.1 Å². The van der Waals surface area contributed by atoms with Gasteiger partial charge in [0.15, 0.2) is 5.65 Å². The van der Waals surface area contributed by atoms with Crippen LogP contribution in [0.15, 0.2) is 48.5 Å². The number of hydrogen-bond donors (Lipinski definition) is 1. The van der Waals surface area contributed by atoms with Crippen molar-refractivity contribution in [2.45, 2.75) is 39.3 Å². The number of carbonyl (C=O) groups excluding carboxylic acids is 1. The van der Waals surface area contributed by atoms with Gasteiger partial charge in [-0.05, 0) is 66.4 Å². The Morgan fingerprint density at radius 3 is 2.91 bits per heavy atom. The van der Waals surface area contributed by atoms with Crippen LogP contribution in [0.25, 0.3) is 16.6 Å². The summed E-state index contributed by atoms with van der Waals surface area (Å²) in [4.78, 5) is 15.1. The summed E-state index contributed by atoms with van der Waals surface area (Å²) >= 11 is 0. The summed E-state index contributed by atoms with van der Waals surface area (Å²) in [5.74, 6) is 0. The normalized spacial score (nSPS) is 16.0. The van der Waals surface area contributed by atoms with Gasteiger partial charge in [0.1, 0.15) is 0 Å². The average molecular weight is 431 g/mol. The van der Waals surface area contributed by atoms with Crippen LogP contribution in [0.1, 0.15) is 29.5 Å². The van der Waals surface area contributed by atoms with E-state index < -0.39 is 0 Å². The SMILES string of the molecule is Cc1ccc2cc(CN(C[C@H]3CCCO3)C(=O)Nc3ccccc3C)c3nnnn3c2c1. The third-order valence-electron chi connectivity index (χ3n) is 5.98. The van der Waals surface area contributed by atoms with E-state index in [0.717, 1.165) is 52.7 Å². The summed E-state index contributed by atoms with van der Waals surface area (Å²) in [5, 5.41) is 16.4. The lowest BCUT2D eigenvalue weighted by atomic mass is 10.1. The van der Waals surface area contributed by atoms with E-state index in [9.17, 15) is 4.79 Å². The molecule has 0 bridgehead atoms. The van der Waals surface area contributed by atoms with Crippen LogP contribution in [0.2, 0.25) is 0 Å². The summed E-state index contributed by atoms with van der Waals surface area (Å²) < 4.78 is 7.59. The number of aryl methyl sites for hydroxylation is 2. The molecule has 2 aromatic carbocycles. The van der Waals surface area contributed by atoms with Crippen LogP contribution in [-0.4, -0.2) is 50.2 Å². The average Bonchev–Trinajstić information content (AvgIpc) is 3.47. The first-order valence-electron chi connectivity index (χ1n) is 10.9. The molecular weight excluding hydrogens is 404 g/mol. The second-order valence-electron chi connectivity index (χ2n) is 8.41. The van der Waals surface area contributed by atoms with Crippen molar-refractivity contribution in [2.24, 2.45) is 0 Å². The zero-order valence-corrected chi connectivity index (χ0v) is 18.3. The number of para-hydroxylation sites is 1. The Bertz CT molecular complexity index is 1280. The molecule has 8 nitrogen and oxygen atoms in total. The van der Waals surface area contributed by atoms with E-state index in [1.165, 1.54) is 0 Å². The number of carbonyl (C=O) groups is 1. The highest BCUT2D eigenvalue weighted by Gasteiger charge is 2.24. The minimum atomic E-state index is -0.163. The topological polar surface area (TPSA) is 84.6 Å². The Morgan fingerprint density at radius 1 is 1.22 bits per heavy atom. The van der Waals surface area contributed by atoms with Gasteiger partial charge in [-0.15, -0.1) is 5.10 Å². The van der Waals surface area contributed by atoms with Gasteiger partial charge in [0.05, 0.1) is 18.2 Å². The number of nitrogens with one attached hydrogen (secondary N) is 1. The number of nitrogens with zero attached hydrogens (tertiary/aromatic N) is 5. The smallest absolute Gasteiger partial charge is 0.322 e. The first-order chi connectivity index (χ1) is 15.6. The summed E-state index contributed by atoms with van der Waals surface area (Å²) in [7, 11) is 0. The molecule has 2 aromatic heterocycles. The van der Waals surface area contributed by atoms with Crippen molar-refractivity contribution in [1.82, 2.24) is 24.9 Å². The van der Waals surface area contributed by atoms with Crippen LogP contribution in [0.4, 0.5) is 10.5 Å². The molecule has 4 aromatic rings. The molecule has 1 aliphatic rings. The molecule has 0 radical (unpaired) electrons. The molecule has 1 saturated heterocycles. The molecule has 1 aliphatic heterocycles. The highest BCUT2D eigenvalue weighted by atomic mass is 16.5. The number of tetrazole rings is 1. The number of anilines is 1. The van der Waals surface area contributed by atoms with Crippen molar-refractivity contribution in [2.75, 3.05) is 18.5 Å². The molecule has 2 amide bonds. The number of urea groups is 1. The number of ether oxygens (including phenoxy) is 1. The maximum atomic E-state index is 13.3. The number of rotatable bonds is 5.